The summed E-state index contributed by atoms with van der Waals surface area (Å²) in [6.45, 7) is 14.3. The number of rotatable bonds is 5. The Kier molecular flexibility index (Phi) is 12.4. The van der Waals surface area contributed by atoms with Gasteiger partial charge in [0.15, 0.2) is 12.1 Å². The number of carbonyl (C=O) groups excluding carboxylic acids is 1. The van der Waals surface area contributed by atoms with Gasteiger partial charge < -0.3 is 48.6 Å². The van der Waals surface area contributed by atoms with Crippen LogP contribution in [0.3, 0.4) is 0 Å². The standard InChI is InChI=1S/C41H61NO11/c1-9-22(2)37-25(5)15-16-40(53-37)20-30-18-29(52-40)14-13-24(4)36(51-33-19-32(47-8)35(43)27(7)49-33)23(3)11-10-12-28-21-48-38-34(42-46)26(6)17-31(39(44)50-30)41(28,38)45/h10-13,17,22-23,25,27,29-33,35-38,43,45-46H,9,14-16,18-21H2,1-8H3/b11-10-,24-13-,28-12?,42-34+/t22?,23-,25-,27-,29+,30-,31-,32-,33-,35-,36-,37+,38+,40+,41+/m0/s1. The zero-order valence-electron chi connectivity index (χ0n) is 32.6. The van der Waals surface area contributed by atoms with E-state index in [-0.39, 0.29) is 30.4 Å². The molecule has 4 fully saturated rings. The van der Waals surface area contributed by atoms with Gasteiger partial charge in [0, 0.05) is 38.7 Å². The smallest absolute Gasteiger partial charge is 0.316 e. The topological polar surface area (TPSA) is 155 Å². The van der Waals surface area contributed by atoms with Crippen LogP contribution < -0.4 is 0 Å². The zero-order valence-corrected chi connectivity index (χ0v) is 32.6. The summed E-state index contributed by atoms with van der Waals surface area (Å²) in [7, 11) is 1.58. The fourth-order valence-electron chi connectivity index (χ4n) is 9.26. The molecule has 12 nitrogen and oxygen atoms in total. The molecule has 6 rings (SSSR count). The Balaban J connectivity index is 1.39. The second-order valence-electron chi connectivity index (χ2n) is 16.4. The molecule has 12 heteroatoms. The Bertz CT molecular complexity index is 1490. The molecular weight excluding hydrogens is 682 g/mol. The fraction of sp³-hybridized carbons (Fsp3) is 0.756. The molecule has 6 aliphatic rings. The third-order valence-electron chi connectivity index (χ3n) is 12.6. The summed E-state index contributed by atoms with van der Waals surface area (Å²) >= 11 is 0. The Morgan fingerprint density at radius 3 is 2.62 bits per heavy atom. The minimum absolute atomic E-state index is 0.00153. The summed E-state index contributed by atoms with van der Waals surface area (Å²) in [5, 5.41) is 36.5. The number of carbonyl (C=O) groups is 1. The number of esters is 1. The highest BCUT2D eigenvalue weighted by Crippen LogP contribution is 2.47. The minimum Gasteiger partial charge on any atom is -0.462 e. The molecule has 3 N–H and O–H groups in total. The summed E-state index contributed by atoms with van der Waals surface area (Å²) in [6.07, 6.45) is 9.07. The second kappa shape index (κ2) is 16.4. The SMILES string of the molecule is CCC(C)[C@H]1O[C@]2(CC[C@@H]1C)C[C@@H]1C[C@@H](C/C=C(/C)[C@@H](O[C@H]3C[C@H](OC)[C@@H](O)[C@H](C)O3)[C@@H](C)/C=C\C=C3CO[C@@H]4/C(=N/O)C(C)=C[C@@H](C(=O)O1)[C@]34O)O2. The monoisotopic (exact) mass is 743 g/mol. The number of hydrogen-bond acceptors (Lipinski definition) is 12. The number of nitrogens with zero attached hydrogens (tertiary/aromatic N) is 1. The molecule has 2 bridgehead atoms. The quantitative estimate of drug-likeness (QED) is 0.141. The number of fused-ring (bicyclic) bond motifs is 2. The van der Waals surface area contributed by atoms with Crippen molar-refractivity contribution in [2.24, 2.45) is 28.8 Å². The van der Waals surface area contributed by atoms with E-state index in [2.05, 4.69) is 38.9 Å². The van der Waals surface area contributed by atoms with Gasteiger partial charge in [-0.25, -0.2) is 0 Å². The van der Waals surface area contributed by atoms with Crippen molar-refractivity contribution in [2.45, 2.75) is 160 Å². The Morgan fingerprint density at radius 1 is 1.13 bits per heavy atom. The van der Waals surface area contributed by atoms with Crippen LogP contribution in [0.1, 0.15) is 93.4 Å². The van der Waals surface area contributed by atoms with Crippen molar-refractivity contribution in [1.29, 1.82) is 0 Å². The third kappa shape index (κ3) is 7.98. The number of methoxy groups -OCH3 is 1. The average molecular weight is 744 g/mol. The Hall–Kier alpha value is -2.42. The lowest BCUT2D eigenvalue weighted by Crippen LogP contribution is -2.57. The Labute approximate surface area is 314 Å². The van der Waals surface area contributed by atoms with Crippen molar-refractivity contribution in [3.63, 3.8) is 0 Å². The number of aliphatic hydroxyl groups is 2. The van der Waals surface area contributed by atoms with Crippen LogP contribution in [0.4, 0.5) is 0 Å². The highest BCUT2D eigenvalue weighted by Gasteiger charge is 2.60. The van der Waals surface area contributed by atoms with Crippen molar-refractivity contribution >= 4 is 11.7 Å². The van der Waals surface area contributed by atoms with Gasteiger partial charge in [-0.05, 0) is 62.2 Å². The lowest BCUT2D eigenvalue weighted by molar-refractivity contribution is -0.340. The molecule has 0 aromatic rings. The summed E-state index contributed by atoms with van der Waals surface area (Å²) in [6, 6.07) is 0. The van der Waals surface area contributed by atoms with Crippen LogP contribution in [0.15, 0.2) is 52.3 Å². The molecule has 1 aliphatic carbocycles. The largest absolute Gasteiger partial charge is 0.462 e. The number of oxime groups is 1. The first-order valence-electron chi connectivity index (χ1n) is 19.6. The number of allylic oxidation sites excluding steroid dienone is 2. The molecule has 0 aromatic carbocycles. The molecule has 0 aromatic heterocycles. The third-order valence-corrected chi connectivity index (χ3v) is 12.6. The van der Waals surface area contributed by atoms with E-state index in [1.807, 2.05) is 26.0 Å². The van der Waals surface area contributed by atoms with E-state index in [4.69, 9.17) is 33.2 Å². The van der Waals surface area contributed by atoms with Gasteiger partial charge in [-0.2, -0.15) is 0 Å². The van der Waals surface area contributed by atoms with Gasteiger partial charge in [-0.3, -0.25) is 4.79 Å². The van der Waals surface area contributed by atoms with E-state index in [1.54, 1.807) is 26.2 Å². The van der Waals surface area contributed by atoms with Gasteiger partial charge in [0.1, 0.15) is 35.5 Å². The molecule has 53 heavy (non-hydrogen) atoms. The molecule has 0 saturated carbocycles. The second-order valence-corrected chi connectivity index (χ2v) is 16.4. The zero-order chi connectivity index (χ0) is 38.2. The van der Waals surface area contributed by atoms with Gasteiger partial charge in [-0.1, -0.05) is 69.7 Å². The van der Waals surface area contributed by atoms with Gasteiger partial charge >= 0.3 is 5.97 Å². The van der Waals surface area contributed by atoms with Crippen molar-refractivity contribution < 1.29 is 53.4 Å². The van der Waals surface area contributed by atoms with E-state index in [9.17, 15) is 20.2 Å². The maximum atomic E-state index is 14.3. The molecule has 5 heterocycles. The van der Waals surface area contributed by atoms with E-state index in [0.29, 0.717) is 55.1 Å². The highest BCUT2D eigenvalue weighted by molar-refractivity contribution is 6.06. The molecule has 4 saturated heterocycles. The first-order valence-corrected chi connectivity index (χ1v) is 19.6. The van der Waals surface area contributed by atoms with Crippen LogP contribution in [-0.2, 0) is 38.0 Å². The molecule has 0 radical (unpaired) electrons. The van der Waals surface area contributed by atoms with E-state index in [1.165, 1.54) is 0 Å². The van der Waals surface area contributed by atoms with Crippen molar-refractivity contribution in [2.75, 3.05) is 13.7 Å². The minimum atomic E-state index is -1.84. The summed E-state index contributed by atoms with van der Waals surface area (Å²) in [5.74, 6) is -2.07. The van der Waals surface area contributed by atoms with Crippen LogP contribution in [0.2, 0.25) is 0 Å². The normalized spacial score (nSPS) is 46.8. The first-order chi connectivity index (χ1) is 25.2. The highest BCUT2D eigenvalue weighted by atomic mass is 16.7. The first kappa shape index (κ1) is 40.2. The average Bonchev–Trinajstić information content (AvgIpc) is 3.46. The van der Waals surface area contributed by atoms with Crippen LogP contribution in [0.5, 0.6) is 0 Å². The van der Waals surface area contributed by atoms with Gasteiger partial charge in [0.2, 0.25) is 0 Å². The van der Waals surface area contributed by atoms with Gasteiger partial charge in [0.05, 0.1) is 37.1 Å². The van der Waals surface area contributed by atoms with Crippen molar-refractivity contribution in [3.8, 4) is 0 Å². The molecule has 5 aliphatic heterocycles. The predicted molar refractivity (Wildman–Crippen MR) is 196 cm³/mol. The number of aliphatic hydroxyl groups excluding tert-OH is 1. The van der Waals surface area contributed by atoms with Gasteiger partial charge in [-0.15, -0.1) is 0 Å². The van der Waals surface area contributed by atoms with Crippen LogP contribution in [-0.4, -0.2) is 107 Å². The molecule has 15 atom stereocenters. The molecule has 0 amide bonds. The van der Waals surface area contributed by atoms with Crippen molar-refractivity contribution in [1.82, 2.24) is 0 Å². The predicted octanol–water partition coefficient (Wildman–Crippen LogP) is 5.54. The van der Waals surface area contributed by atoms with Crippen molar-refractivity contribution in [3.05, 3.63) is 47.1 Å². The maximum Gasteiger partial charge on any atom is 0.316 e. The fourth-order valence-corrected chi connectivity index (χ4v) is 9.26. The summed E-state index contributed by atoms with van der Waals surface area (Å²) in [4.78, 5) is 14.3. The lowest BCUT2D eigenvalue weighted by atomic mass is 9.71. The van der Waals surface area contributed by atoms with Crippen LogP contribution in [0, 0.1) is 23.7 Å². The summed E-state index contributed by atoms with van der Waals surface area (Å²) < 4.78 is 44.7. The van der Waals surface area contributed by atoms with E-state index < -0.39 is 66.2 Å². The van der Waals surface area contributed by atoms with Crippen LogP contribution in [0.25, 0.3) is 0 Å². The number of ether oxygens (including phenoxy) is 7. The molecule has 1 unspecified atom stereocenters. The number of hydrogen-bond donors (Lipinski definition) is 3. The molecular formula is C41H61NO11. The Morgan fingerprint density at radius 2 is 1.91 bits per heavy atom. The van der Waals surface area contributed by atoms with E-state index in [0.717, 1.165) is 18.4 Å². The lowest BCUT2D eigenvalue weighted by Gasteiger charge is -2.51. The summed E-state index contributed by atoms with van der Waals surface area (Å²) in [5.41, 5.74) is 0.322. The van der Waals surface area contributed by atoms with E-state index >= 15 is 0 Å². The molecule has 296 valence electrons. The maximum absolute atomic E-state index is 14.3. The van der Waals surface area contributed by atoms with Crippen LogP contribution >= 0.6 is 0 Å². The van der Waals surface area contributed by atoms with Gasteiger partial charge in [0.25, 0.3) is 0 Å². The molecule has 1 spiro atoms.